The Kier molecular flexibility index (Phi) is 6.50. The average molecular weight is 409 g/mol. The molecule has 4 rings (SSSR count). The number of aryl methyl sites for hydroxylation is 1. The molecule has 0 aromatic heterocycles. The van der Waals surface area contributed by atoms with Crippen molar-refractivity contribution in [1.82, 2.24) is 4.90 Å². The molecule has 1 heterocycles. The number of carbonyl (C=O) groups is 1. The van der Waals surface area contributed by atoms with Crippen LogP contribution in [0.3, 0.4) is 0 Å². The van der Waals surface area contributed by atoms with Crippen LogP contribution in [0.25, 0.3) is 0 Å². The molecule has 0 bridgehead atoms. The van der Waals surface area contributed by atoms with Crippen molar-refractivity contribution in [3.05, 3.63) is 106 Å². The number of benzene rings is 3. The fourth-order valence-electron chi connectivity index (χ4n) is 4.16. The lowest BCUT2D eigenvalue weighted by molar-refractivity contribution is 0.0713. The normalized spacial score (nSPS) is 14.1. The number of nitrogens with zero attached hydrogens (tertiary/aromatic N) is 1. The largest absolute Gasteiger partial charge is 0.339 e. The Hall–Kier alpha value is -3.35. The number of nitrogens with two attached hydrogens (primary N) is 1. The SMILES string of the molecule is Cc1ccccc1C#Cc1cccc(C(=O)N2CCC(c3cccc(CN)c3)CC2)c1. The Morgan fingerprint density at radius 1 is 0.968 bits per heavy atom. The molecule has 0 spiro atoms. The summed E-state index contributed by atoms with van der Waals surface area (Å²) in [5, 5.41) is 0. The molecular formula is C28H28N2O. The second-order valence-corrected chi connectivity index (χ2v) is 8.16. The number of rotatable bonds is 3. The summed E-state index contributed by atoms with van der Waals surface area (Å²) in [6.45, 7) is 4.17. The van der Waals surface area contributed by atoms with Crippen molar-refractivity contribution in [1.29, 1.82) is 0 Å². The van der Waals surface area contributed by atoms with Crippen molar-refractivity contribution in [2.75, 3.05) is 13.1 Å². The van der Waals surface area contributed by atoms with Gasteiger partial charge < -0.3 is 10.6 Å². The topological polar surface area (TPSA) is 46.3 Å². The van der Waals surface area contributed by atoms with Gasteiger partial charge in [-0.15, -0.1) is 0 Å². The van der Waals surface area contributed by atoms with Gasteiger partial charge in [-0.1, -0.05) is 60.4 Å². The summed E-state index contributed by atoms with van der Waals surface area (Å²) < 4.78 is 0. The maximum atomic E-state index is 13.1. The molecule has 0 saturated carbocycles. The van der Waals surface area contributed by atoms with Gasteiger partial charge >= 0.3 is 0 Å². The van der Waals surface area contributed by atoms with Gasteiger partial charge in [-0.2, -0.15) is 0 Å². The molecule has 1 fully saturated rings. The van der Waals surface area contributed by atoms with E-state index >= 15 is 0 Å². The standard InChI is InChI=1S/C28H28N2O/c1-21-6-2-3-9-24(21)13-12-22-7-4-11-27(18-22)28(31)30-16-14-25(15-17-30)26-10-5-8-23(19-26)20-29/h2-11,18-19,25H,14-17,20,29H2,1H3. The van der Waals surface area contributed by atoms with Crippen molar-refractivity contribution in [3.63, 3.8) is 0 Å². The molecule has 3 nitrogen and oxygen atoms in total. The summed E-state index contributed by atoms with van der Waals surface area (Å²) in [6.07, 6.45) is 1.96. The van der Waals surface area contributed by atoms with Crippen LogP contribution in [0.15, 0.2) is 72.8 Å². The van der Waals surface area contributed by atoms with E-state index < -0.39 is 0 Å². The molecule has 0 radical (unpaired) electrons. The van der Waals surface area contributed by atoms with E-state index in [2.05, 4.69) is 49.1 Å². The summed E-state index contributed by atoms with van der Waals surface area (Å²) >= 11 is 0. The van der Waals surface area contributed by atoms with Crippen LogP contribution in [-0.4, -0.2) is 23.9 Å². The fourth-order valence-corrected chi connectivity index (χ4v) is 4.16. The number of carbonyl (C=O) groups excluding carboxylic acids is 1. The van der Waals surface area contributed by atoms with Gasteiger partial charge in [-0.25, -0.2) is 0 Å². The molecule has 1 aliphatic rings. The first-order chi connectivity index (χ1) is 15.1. The summed E-state index contributed by atoms with van der Waals surface area (Å²) in [6, 6.07) is 24.3. The Balaban J connectivity index is 1.43. The van der Waals surface area contributed by atoms with Crippen molar-refractivity contribution >= 4 is 5.91 Å². The van der Waals surface area contributed by atoms with Crippen LogP contribution in [-0.2, 0) is 6.54 Å². The molecule has 156 valence electrons. The first kappa shape index (κ1) is 20.9. The minimum absolute atomic E-state index is 0.0914. The molecule has 31 heavy (non-hydrogen) atoms. The van der Waals surface area contributed by atoms with Crippen LogP contribution in [0.1, 0.15) is 56.9 Å². The highest BCUT2D eigenvalue weighted by atomic mass is 16.2. The first-order valence-corrected chi connectivity index (χ1v) is 10.9. The van der Waals surface area contributed by atoms with Crippen LogP contribution in [0.4, 0.5) is 0 Å². The van der Waals surface area contributed by atoms with Crippen molar-refractivity contribution in [3.8, 4) is 11.8 Å². The highest BCUT2D eigenvalue weighted by Crippen LogP contribution is 2.29. The molecule has 3 heteroatoms. The highest BCUT2D eigenvalue weighted by molar-refractivity contribution is 5.94. The zero-order valence-electron chi connectivity index (χ0n) is 18.0. The van der Waals surface area contributed by atoms with Gasteiger partial charge in [0.25, 0.3) is 5.91 Å². The van der Waals surface area contributed by atoms with Gasteiger partial charge in [0.15, 0.2) is 0 Å². The van der Waals surface area contributed by atoms with Crippen molar-refractivity contribution < 1.29 is 4.79 Å². The zero-order chi connectivity index (χ0) is 21.6. The van der Waals surface area contributed by atoms with Gasteiger partial charge in [-0.05, 0) is 66.6 Å². The monoisotopic (exact) mass is 408 g/mol. The maximum absolute atomic E-state index is 13.1. The van der Waals surface area contributed by atoms with E-state index in [1.165, 1.54) is 11.1 Å². The summed E-state index contributed by atoms with van der Waals surface area (Å²) in [4.78, 5) is 15.1. The van der Waals surface area contributed by atoms with Gasteiger partial charge in [0.2, 0.25) is 0 Å². The molecule has 1 saturated heterocycles. The minimum Gasteiger partial charge on any atom is -0.339 e. The van der Waals surface area contributed by atoms with Crippen molar-refractivity contribution in [2.45, 2.75) is 32.2 Å². The smallest absolute Gasteiger partial charge is 0.253 e. The van der Waals surface area contributed by atoms with Gasteiger partial charge in [0.1, 0.15) is 0 Å². The van der Waals surface area contributed by atoms with E-state index in [9.17, 15) is 4.79 Å². The number of amides is 1. The molecule has 3 aromatic rings. The summed E-state index contributed by atoms with van der Waals surface area (Å²) in [7, 11) is 0. The predicted octanol–water partition coefficient (Wildman–Crippen LogP) is 4.87. The van der Waals surface area contributed by atoms with E-state index in [-0.39, 0.29) is 5.91 Å². The van der Waals surface area contributed by atoms with Crippen LogP contribution in [0, 0.1) is 18.8 Å². The minimum atomic E-state index is 0.0914. The molecule has 0 atom stereocenters. The van der Waals surface area contributed by atoms with Crippen LogP contribution in [0.5, 0.6) is 0 Å². The fraction of sp³-hybridized carbons (Fsp3) is 0.250. The molecule has 3 aromatic carbocycles. The van der Waals surface area contributed by atoms with Gasteiger partial charge in [-0.3, -0.25) is 4.79 Å². The third-order valence-corrected chi connectivity index (χ3v) is 6.04. The second kappa shape index (κ2) is 9.64. The van der Waals surface area contributed by atoms with Crippen LogP contribution >= 0.6 is 0 Å². The van der Waals surface area contributed by atoms with E-state index in [1.807, 2.05) is 47.4 Å². The maximum Gasteiger partial charge on any atom is 0.253 e. The third-order valence-electron chi connectivity index (χ3n) is 6.04. The lowest BCUT2D eigenvalue weighted by Gasteiger charge is -2.32. The molecular weight excluding hydrogens is 380 g/mol. The van der Waals surface area contributed by atoms with Crippen molar-refractivity contribution in [2.24, 2.45) is 5.73 Å². The number of likely N-dealkylation sites (tertiary alicyclic amines) is 1. The number of hydrogen-bond donors (Lipinski definition) is 1. The Morgan fingerprint density at radius 3 is 2.52 bits per heavy atom. The predicted molar refractivity (Wildman–Crippen MR) is 126 cm³/mol. The third kappa shape index (κ3) is 5.05. The van der Waals surface area contributed by atoms with Gasteiger partial charge in [0.05, 0.1) is 0 Å². The molecule has 1 aliphatic heterocycles. The summed E-state index contributed by atoms with van der Waals surface area (Å²) in [5.74, 6) is 7.01. The molecule has 1 amide bonds. The quantitative estimate of drug-likeness (QED) is 0.628. The number of piperidine rings is 1. The number of hydrogen-bond acceptors (Lipinski definition) is 2. The average Bonchev–Trinajstić information content (AvgIpc) is 2.83. The molecule has 0 unspecified atom stereocenters. The molecule has 0 aliphatic carbocycles. The highest BCUT2D eigenvalue weighted by Gasteiger charge is 2.24. The van der Waals surface area contributed by atoms with Gasteiger partial charge in [0, 0.05) is 36.3 Å². The lowest BCUT2D eigenvalue weighted by atomic mass is 9.88. The summed E-state index contributed by atoms with van der Waals surface area (Å²) in [5.41, 5.74) is 12.0. The van der Waals surface area contributed by atoms with Crippen LogP contribution in [0.2, 0.25) is 0 Å². The second-order valence-electron chi connectivity index (χ2n) is 8.16. The molecule has 2 N–H and O–H groups in total. The van der Waals surface area contributed by atoms with E-state index in [1.54, 1.807) is 0 Å². The van der Waals surface area contributed by atoms with E-state index in [0.29, 0.717) is 18.0 Å². The lowest BCUT2D eigenvalue weighted by Crippen LogP contribution is -2.37. The first-order valence-electron chi connectivity index (χ1n) is 10.9. The van der Waals surface area contributed by atoms with E-state index in [0.717, 1.165) is 42.6 Å². The zero-order valence-corrected chi connectivity index (χ0v) is 18.0. The van der Waals surface area contributed by atoms with Crippen LogP contribution < -0.4 is 5.73 Å². The Morgan fingerprint density at radius 2 is 1.74 bits per heavy atom. The van der Waals surface area contributed by atoms with E-state index in [4.69, 9.17) is 5.73 Å². The Labute approximate surface area is 184 Å². The Bertz CT molecular complexity index is 1130.